The SMILES string of the molecule is CC(=O)Nc1ccc(Nc2cnc(C(=O)N3CCCC3)cn2)cc1. The number of benzene rings is 1. The van der Waals surface area contributed by atoms with Gasteiger partial charge in [-0.25, -0.2) is 9.97 Å². The first-order chi connectivity index (χ1) is 11.6. The van der Waals surface area contributed by atoms with Crippen LogP contribution < -0.4 is 10.6 Å². The molecule has 1 aromatic carbocycles. The van der Waals surface area contributed by atoms with Gasteiger partial charge in [0.2, 0.25) is 5.91 Å². The van der Waals surface area contributed by atoms with Crippen LogP contribution >= 0.6 is 0 Å². The molecule has 7 nitrogen and oxygen atoms in total. The number of nitrogens with zero attached hydrogens (tertiary/aromatic N) is 3. The number of carbonyl (C=O) groups excluding carboxylic acids is 2. The maximum Gasteiger partial charge on any atom is 0.274 e. The molecule has 0 bridgehead atoms. The predicted molar refractivity (Wildman–Crippen MR) is 91.2 cm³/mol. The van der Waals surface area contributed by atoms with Crippen LogP contribution in [0.25, 0.3) is 0 Å². The van der Waals surface area contributed by atoms with Crippen LogP contribution in [0.3, 0.4) is 0 Å². The van der Waals surface area contributed by atoms with Crippen molar-refractivity contribution in [2.45, 2.75) is 19.8 Å². The van der Waals surface area contributed by atoms with E-state index in [4.69, 9.17) is 0 Å². The zero-order chi connectivity index (χ0) is 16.9. The number of aromatic nitrogens is 2. The van der Waals surface area contributed by atoms with Gasteiger partial charge < -0.3 is 15.5 Å². The van der Waals surface area contributed by atoms with E-state index >= 15 is 0 Å². The van der Waals surface area contributed by atoms with Crippen molar-refractivity contribution in [3.05, 3.63) is 42.4 Å². The maximum absolute atomic E-state index is 12.2. The fraction of sp³-hybridized carbons (Fsp3) is 0.294. The summed E-state index contributed by atoms with van der Waals surface area (Å²) >= 11 is 0. The van der Waals surface area contributed by atoms with E-state index < -0.39 is 0 Å². The van der Waals surface area contributed by atoms with Gasteiger partial charge in [0.25, 0.3) is 5.91 Å². The van der Waals surface area contributed by atoms with Crippen molar-refractivity contribution in [3.8, 4) is 0 Å². The third-order valence-corrected chi connectivity index (χ3v) is 3.74. The number of nitrogens with one attached hydrogen (secondary N) is 2. The molecule has 0 atom stereocenters. The summed E-state index contributed by atoms with van der Waals surface area (Å²) in [5.74, 6) is 0.381. The Morgan fingerprint density at radius 2 is 1.67 bits per heavy atom. The Labute approximate surface area is 140 Å². The van der Waals surface area contributed by atoms with Crippen molar-refractivity contribution in [1.29, 1.82) is 0 Å². The molecule has 0 spiro atoms. The van der Waals surface area contributed by atoms with E-state index in [1.807, 2.05) is 12.1 Å². The topological polar surface area (TPSA) is 87.2 Å². The average Bonchev–Trinajstić information content (AvgIpc) is 3.11. The number of likely N-dealkylation sites (tertiary alicyclic amines) is 1. The van der Waals surface area contributed by atoms with Gasteiger partial charge in [-0.15, -0.1) is 0 Å². The summed E-state index contributed by atoms with van der Waals surface area (Å²) in [5.41, 5.74) is 1.91. The van der Waals surface area contributed by atoms with Crippen LogP contribution in [0.15, 0.2) is 36.7 Å². The fourth-order valence-electron chi connectivity index (χ4n) is 2.57. The Kier molecular flexibility index (Phi) is 4.69. The molecular formula is C17H19N5O2. The van der Waals surface area contributed by atoms with Gasteiger partial charge in [0.05, 0.1) is 12.4 Å². The number of rotatable bonds is 4. The molecule has 1 fully saturated rings. The lowest BCUT2D eigenvalue weighted by atomic mass is 10.2. The van der Waals surface area contributed by atoms with Gasteiger partial charge in [-0.3, -0.25) is 9.59 Å². The van der Waals surface area contributed by atoms with E-state index in [9.17, 15) is 9.59 Å². The molecule has 2 amide bonds. The van der Waals surface area contributed by atoms with Crippen LogP contribution in [-0.4, -0.2) is 39.8 Å². The third kappa shape index (κ3) is 3.87. The van der Waals surface area contributed by atoms with Crippen molar-refractivity contribution in [3.63, 3.8) is 0 Å². The van der Waals surface area contributed by atoms with Gasteiger partial charge in [-0.1, -0.05) is 0 Å². The molecular weight excluding hydrogens is 306 g/mol. The smallest absolute Gasteiger partial charge is 0.274 e. The summed E-state index contributed by atoms with van der Waals surface area (Å²) in [5, 5.41) is 5.81. The van der Waals surface area contributed by atoms with Crippen LogP contribution in [0.4, 0.5) is 17.2 Å². The highest BCUT2D eigenvalue weighted by Crippen LogP contribution is 2.18. The summed E-state index contributed by atoms with van der Waals surface area (Å²) in [6.45, 7) is 3.05. The maximum atomic E-state index is 12.2. The zero-order valence-electron chi connectivity index (χ0n) is 13.5. The highest BCUT2D eigenvalue weighted by Gasteiger charge is 2.20. The van der Waals surface area contributed by atoms with Crippen molar-refractivity contribution < 1.29 is 9.59 Å². The van der Waals surface area contributed by atoms with Gasteiger partial charge >= 0.3 is 0 Å². The Bertz CT molecular complexity index is 722. The fourth-order valence-corrected chi connectivity index (χ4v) is 2.57. The monoisotopic (exact) mass is 325 g/mol. The van der Waals surface area contributed by atoms with Crippen molar-refractivity contribution in [2.75, 3.05) is 23.7 Å². The van der Waals surface area contributed by atoms with Crippen molar-refractivity contribution >= 4 is 29.0 Å². The van der Waals surface area contributed by atoms with Crippen LogP contribution in [0.1, 0.15) is 30.3 Å². The molecule has 124 valence electrons. The van der Waals surface area contributed by atoms with Gasteiger partial charge in [-0.2, -0.15) is 0 Å². The molecule has 0 aliphatic carbocycles. The Balaban J connectivity index is 1.63. The van der Waals surface area contributed by atoms with Crippen LogP contribution in [0.5, 0.6) is 0 Å². The third-order valence-electron chi connectivity index (χ3n) is 3.74. The average molecular weight is 325 g/mol. The molecule has 7 heteroatoms. The first kappa shape index (κ1) is 15.9. The molecule has 2 N–H and O–H groups in total. The molecule has 2 heterocycles. The Morgan fingerprint density at radius 1 is 1.00 bits per heavy atom. The predicted octanol–water partition coefficient (Wildman–Crippen LogP) is 2.41. The van der Waals surface area contributed by atoms with Crippen LogP contribution in [0.2, 0.25) is 0 Å². The van der Waals surface area contributed by atoms with Gasteiger partial charge in [0.1, 0.15) is 11.5 Å². The second kappa shape index (κ2) is 7.08. The van der Waals surface area contributed by atoms with Crippen LogP contribution in [0, 0.1) is 0 Å². The molecule has 2 aromatic rings. The molecule has 24 heavy (non-hydrogen) atoms. The van der Waals surface area contributed by atoms with E-state index in [1.165, 1.54) is 13.1 Å². The first-order valence-electron chi connectivity index (χ1n) is 7.88. The normalized spacial score (nSPS) is 13.6. The number of carbonyl (C=O) groups is 2. The highest BCUT2D eigenvalue weighted by atomic mass is 16.2. The first-order valence-corrected chi connectivity index (χ1v) is 7.88. The van der Waals surface area contributed by atoms with E-state index in [-0.39, 0.29) is 11.8 Å². The lowest BCUT2D eigenvalue weighted by molar-refractivity contribution is -0.114. The van der Waals surface area contributed by atoms with Crippen LogP contribution in [-0.2, 0) is 4.79 Å². The molecule has 3 rings (SSSR count). The summed E-state index contributed by atoms with van der Waals surface area (Å²) in [7, 11) is 0. The summed E-state index contributed by atoms with van der Waals surface area (Å²) in [6, 6.07) is 7.25. The summed E-state index contributed by atoms with van der Waals surface area (Å²) in [6.07, 6.45) is 5.14. The minimum absolute atomic E-state index is 0.0637. The minimum atomic E-state index is -0.111. The molecule has 1 saturated heterocycles. The van der Waals surface area contributed by atoms with E-state index in [1.54, 1.807) is 23.2 Å². The van der Waals surface area contributed by atoms with Crippen molar-refractivity contribution in [1.82, 2.24) is 14.9 Å². The Morgan fingerprint density at radius 3 is 2.25 bits per heavy atom. The van der Waals surface area contributed by atoms with Gasteiger partial charge in [0.15, 0.2) is 0 Å². The lowest BCUT2D eigenvalue weighted by Crippen LogP contribution is -2.28. The highest BCUT2D eigenvalue weighted by molar-refractivity contribution is 5.92. The summed E-state index contributed by atoms with van der Waals surface area (Å²) < 4.78 is 0. The summed E-state index contributed by atoms with van der Waals surface area (Å²) in [4.78, 5) is 33.5. The second-order valence-electron chi connectivity index (χ2n) is 5.67. The lowest BCUT2D eigenvalue weighted by Gasteiger charge is -2.14. The number of hydrogen-bond donors (Lipinski definition) is 2. The zero-order valence-corrected chi connectivity index (χ0v) is 13.5. The molecule has 0 radical (unpaired) electrons. The standard InChI is InChI=1S/C17H19N5O2/c1-12(23)20-13-4-6-14(7-5-13)21-16-11-18-15(10-19-16)17(24)22-8-2-3-9-22/h4-7,10-11H,2-3,8-9H2,1H3,(H,19,21)(H,20,23). The second-order valence-corrected chi connectivity index (χ2v) is 5.67. The largest absolute Gasteiger partial charge is 0.339 e. The molecule has 1 aliphatic heterocycles. The van der Waals surface area contributed by atoms with E-state index in [0.717, 1.165) is 37.3 Å². The molecule has 0 unspecified atom stereocenters. The van der Waals surface area contributed by atoms with E-state index in [2.05, 4.69) is 20.6 Å². The molecule has 0 saturated carbocycles. The van der Waals surface area contributed by atoms with Gasteiger partial charge in [-0.05, 0) is 37.1 Å². The number of amides is 2. The molecule has 1 aliphatic rings. The minimum Gasteiger partial charge on any atom is -0.339 e. The number of anilines is 3. The Hall–Kier alpha value is -2.96. The van der Waals surface area contributed by atoms with E-state index in [0.29, 0.717) is 11.5 Å². The van der Waals surface area contributed by atoms with Crippen molar-refractivity contribution in [2.24, 2.45) is 0 Å². The quantitative estimate of drug-likeness (QED) is 0.901. The molecule has 1 aromatic heterocycles. The number of hydrogen-bond acceptors (Lipinski definition) is 5. The van der Waals surface area contributed by atoms with Gasteiger partial charge in [0, 0.05) is 31.4 Å².